The molecule has 1 aliphatic rings. The fraction of sp³-hybridized carbons (Fsp3) is 0.417. The molecule has 0 aromatic heterocycles. The molecule has 1 atom stereocenters. The van der Waals surface area contributed by atoms with Gasteiger partial charge in [-0.15, -0.1) is 0 Å². The quantitative estimate of drug-likeness (QED) is 0.766. The Labute approximate surface area is 115 Å². The van der Waals surface area contributed by atoms with Crippen molar-refractivity contribution >= 4 is 34.3 Å². The predicted octanol–water partition coefficient (Wildman–Crippen LogP) is 2.12. The Bertz CT molecular complexity index is 393. The largest absolute Gasteiger partial charge is 0.322 e. The van der Waals surface area contributed by atoms with Gasteiger partial charge in [-0.1, -0.05) is 0 Å². The number of anilines is 1. The number of nitrogens with one attached hydrogen (secondary N) is 2. The molecule has 1 fully saturated rings. The SMILES string of the molecule is CC1CNCCN1C(=O)Nc1ccc(I)cc1. The van der Waals surface area contributed by atoms with E-state index < -0.39 is 0 Å². The molecule has 1 aliphatic heterocycles. The molecule has 1 aromatic rings. The molecule has 1 unspecified atom stereocenters. The third-order valence-corrected chi connectivity index (χ3v) is 3.58. The summed E-state index contributed by atoms with van der Waals surface area (Å²) in [5, 5.41) is 6.19. The topological polar surface area (TPSA) is 44.4 Å². The third-order valence-electron chi connectivity index (χ3n) is 2.86. The van der Waals surface area contributed by atoms with Crippen molar-refractivity contribution < 1.29 is 4.79 Å². The normalized spacial score (nSPS) is 20.1. The lowest BCUT2D eigenvalue weighted by molar-refractivity contribution is 0.177. The smallest absolute Gasteiger partial charge is 0.319 e. The van der Waals surface area contributed by atoms with E-state index in [-0.39, 0.29) is 12.1 Å². The molecule has 0 radical (unpaired) electrons. The van der Waals surface area contributed by atoms with E-state index in [1.165, 1.54) is 0 Å². The van der Waals surface area contributed by atoms with Gasteiger partial charge in [0.1, 0.15) is 0 Å². The molecule has 1 saturated heterocycles. The molecule has 2 rings (SSSR count). The number of amides is 2. The van der Waals surface area contributed by atoms with E-state index in [9.17, 15) is 4.79 Å². The van der Waals surface area contributed by atoms with Crippen LogP contribution in [0.4, 0.5) is 10.5 Å². The van der Waals surface area contributed by atoms with E-state index in [0.717, 1.165) is 28.9 Å². The van der Waals surface area contributed by atoms with Gasteiger partial charge in [-0.25, -0.2) is 4.79 Å². The molecule has 1 aromatic carbocycles. The Morgan fingerprint density at radius 2 is 2.18 bits per heavy atom. The number of hydrogen-bond acceptors (Lipinski definition) is 2. The van der Waals surface area contributed by atoms with Crippen molar-refractivity contribution in [3.8, 4) is 0 Å². The first-order valence-corrected chi connectivity index (χ1v) is 6.78. The second-order valence-corrected chi connectivity index (χ2v) is 5.43. The van der Waals surface area contributed by atoms with Crippen LogP contribution in [0.2, 0.25) is 0 Å². The van der Waals surface area contributed by atoms with Gasteiger partial charge in [-0.05, 0) is 53.8 Å². The minimum absolute atomic E-state index is 0.0137. The molecule has 2 N–H and O–H groups in total. The van der Waals surface area contributed by atoms with Gasteiger partial charge < -0.3 is 15.5 Å². The van der Waals surface area contributed by atoms with E-state index in [1.807, 2.05) is 29.2 Å². The molecule has 92 valence electrons. The summed E-state index contributed by atoms with van der Waals surface area (Å²) >= 11 is 2.25. The lowest BCUT2D eigenvalue weighted by atomic mass is 10.2. The number of carbonyl (C=O) groups excluding carboxylic acids is 1. The molecule has 17 heavy (non-hydrogen) atoms. The van der Waals surface area contributed by atoms with Gasteiger partial charge in [0.2, 0.25) is 0 Å². The highest BCUT2D eigenvalue weighted by Crippen LogP contribution is 2.13. The molecule has 0 aliphatic carbocycles. The summed E-state index contributed by atoms with van der Waals surface area (Å²) in [5.41, 5.74) is 0.848. The number of rotatable bonds is 1. The maximum absolute atomic E-state index is 12.0. The van der Waals surface area contributed by atoms with Crippen molar-refractivity contribution in [2.75, 3.05) is 25.0 Å². The van der Waals surface area contributed by atoms with Crippen LogP contribution < -0.4 is 10.6 Å². The summed E-state index contributed by atoms with van der Waals surface area (Å²) in [7, 11) is 0. The van der Waals surface area contributed by atoms with Crippen LogP contribution >= 0.6 is 22.6 Å². The zero-order chi connectivity index (χ0) is 12.3. The van der Waals surface area contributed by atoms with Crippen LogP contribution in [0, 0.1) is 3.57 Å². The Morgan fingerprint density at radius 1 is 1.47 bits per heavy atom. The van der Waals surface area contributed by atoms with Crippen LogP contribution in [0.15, 0.2) is 24.3 Å². The lowest BCUT2D eigenvalue weighted by Gasteiger charge is -2.33. The fourth-order valence-electron chi connectivity index (χ4n) is 1.87. The molecule has 2 amide bonds. The summed E-state index contributed by atoms with van der Waals surface area (Å²) in [6.07, 6.45) is 0. The van der Waals surface area contributed by atoms with E-state index in [1.54, 1.807) is 0 Å². The minimum Gasteiger partial charge on any atom is -0.319 e. The Kier molecular flexibility index (Phi) is 4.22. The maximum atomic E-state index is 12.0. The molecule has 0 bridgehead atoms. The second-order valence-electron chi connectivity index (χ2n) is 4.18. The fourth-order valence-corrected chi connectivity index (χ4v) is 2.23. The van der Waals surface area contributed by atoms with E-state index in [2.05, 4.69) is 40.1 Å². The highest BCUT2D eigenvalue weighted by atomic mass is 127. The Balaban J connectivity index is 1.98. The molecular formula is C12H16IN3O. The number of hydrogen-bond donors (Lipinski definition) is 2. The van der Waals surface area contributed by atoms with Gasteiger partial charge in [0.05, 0.1) is 0 Å². The van der Waals surface area contributed by atoms with Gasteiger partial charge in [0.25, 0.3) is 0 Å². The monoisotopic (exact) mass is 345 g/mol. The minimum atomic E-state index is -0.0137. The van der Waals surface area contributed by atoms with E-state index >= 15 is 0 Å². The second kappa shape index (κ2) is 5.68. The average molecular weight is 345 g/mol. The maximum Gasteiger partial charge on any atom is 0.322 e. The summed E-state index contributed by atoms with van der Waals surface area (Å²) in [6.45, 7) is 4.54. The van der Waals surface area contributed by atoms with Crippen LogP contribution in [-0.2, 0) is 0 Å². The zero-order valence-electron chi connectivity index (χ0n) is 9.74. The number of carbonyl (C=O) groups is 1. The molecule has 1 heterocycles. The number of urea groups is 1. The highest BCUT2D eigenvalue weighted by molar-refractivity contribution is 14.1. The third kappa shape index (κ3) is 3.32. The van der Waals surface area contributed by atoms with Crippen molar-refractivity contribution in [1.82, 2.24) is 10.2 Å². The summed E-state index contributed by atoms with van der Waals surface area (Å²) in [4.78, 5) is 13.9. The van der Waals surface area contributed by atoms with Crippen LogP contribution in [0.3, 0.4) is 0 Å². The van der Waals surface area contributed by atoms with Crippen LogP contribution in [-0.4, -0.2) is 36.6 Å². The summed E-state index contributed by atoms with van der Waals surface area (Å²) < 4.78 is 1.16. The van der Waals surface area contributed by atoms with Crippen LogP contribution in [0.25, 0.3) is 0 Å². The lowest BCUT2D eigenvalue weighted by Crippen LogP contribution is -2.53. The van der Waals surface area contributed by atoms with Gasteiger partial charge >= 0.3 is 6.03 Å². The molecule has 0 spiro atoms. The first-order valence-electron chi connectivity index (χ1n) is 5.71. The van der Waals surface area contributed by atoms with Gasteiger partial charge in [0.15, 0.2) is 0 Å². The highest BCUT2D eigenvalue weighted by Gasteiger charge is 2.22. The van der Waals surface area contributed by atoms with Gasteiger partial charge in [-0.2, -0.15) is 0 Å². The van der Waals surface area contributed by atoms with Crippen LogP contribution in [0.1, 0.15) is 6.92 Å². The predicted molar refractivity (Wildman–Crippen MR) is 77.2 cm³/mol. The first-order chi connectivity index (χ1) is 8.16. The van der Waals surface area contributed by atoms with Gasteiger partial charge in [-0.3, -0.25) is 0 Å². The molecular weight excluding hydrogens is 329 g/mol. The standard InChI is InChI=1S/C12H16IN3O/c1-9-8-14-6-7-16(9)12(17)15-11-4-2-10(13)3-5-11/h2-5,9,14H,6-8H2,1H3,(H,15,17). The Hall–Kier alpha value is -0.820. The van der Waals surface area contributed by atoms with E-state index in [4.69, 9.17) is 0 Å². The number of piperazine rings is 1. The summed E-state index contributed by atoms with van der Waals surface area (Å²) in [5.74, 6) is 0. The Morgan fingerprint density at radius 3 is 2.82 bits per heavy atom. The van der Waals surface area contributed by atoms with Crippen molar-refractivity contribution in [1.29, 1.82) is 0 Å². The van der Waals surface area contributed by atoms with Crippen LogP contribution in [0.5, 0.6) is 0 Å². The van der Waals surface area contributed by atoms with Crippen molar-refractivity contribution in [2.24, 2.45) is 0 Å². The van der Waals surface area contributed by atoms with Gasteiger partial charge in [0, 0.05) is 34.9 Å². The molecule has 0 saturated carbocycles. The number of halogens is 1. The van der Waals surface area contributed by atoms with E-state index in [0.29, 0.717) is 0 Å². The molecule has 4 nitrogen and oxygen atoms in total. The molecule has 5 heteroatoms. The zero-order valence-corrected chi connectivity index (χ0v) is 11.9. The number of benzene rings is 1. The summed E-state index contributed by atoms with van der Waals surface area (Å²) in [6, 6.07) is 8.04. The number of nitrogens with zero attached hydrogens (tertiary/aromatic N) is 1. The van der Waals surface area contributed by atoms with Crippen molar-refractivity contribution in [2.45, 2.75) is 13.0 Å². The van der Waals surface area contributed by atoms with Crippen molar-refractivity contribution in [3.05, 3.63) is 27.8 Å². The average Bonchev–Trinajstić information content (AvgIpc) is 2.32. The van der Waals surface area contributed by atoms with Crippen molar-refractivity contribution in [3.63, 3.8) is 0 Å². The first kappa shape index (κ1) is 12.6.